The largest absolute Gasteiger partial charge is 0.494 e. The molecule has 3 heteroatoms. The topological polar surface area (TPSA) is 29.5 Å². The summed E-state index contributed by atoms with van der Waals surface area (Å²) in [6.07, 6.45) is 4.49. The maximum atomic E-state index is 10.6. The van der Waals surface area contributed by atoms with Gasteiger partial charge in [-0.25, -0.2) is 0 Å². The summed E-state index contributed by atoms with van der Waals surface area (Å²) >= 11 is 0. The van der Waals surface area contributed by atoms with Crippen LogP contribution in [0.4, 0.5) is 0 Å². The molecule has 21 heavy (non-hydrogen) atoms. The van der Waals surface area contributed by atoms with Crippen LogP contribution in [0.2, 0.25) is 0 Å². The summed E-state index contributed by atoms with van der Waals surface area (Å²) in [4.78, 5) is 13.2. The number of unbranched alkanes of at least 4 members (excludes halogenated alkanes) is 1. The zero-order valence-electron chi connectivity index (χ0n) is 13.3. The molecule has 0 bridgehead atoms. The summed E-state index contributed by atoms with van der Waals surface area (Å²) in [6, 6.07) is 7.30. The highest BCUT2D eigenvalue weighted by atomic mass is 16.5. The van der Waals surface area contributed by atoms with Gasteiger partial charge >= 0.3 is 0 Å². The van der Waals surface area contributed by atoms with Crippen molar-refractivity contribution in [2.75, 3.05) is 26.2 Å². The highest BCUT2D eigenvalue weighted by molar-refractivity contribution is 5.74. The lowest BCUT2D eigenvalue weighted by atomic mass is 9.92. The second kappa shape index (κ2) is 8.18. The third-order valence-corrected chi connectivity index (χ3v) is 4.10. The van der Waals surface area contributed by atoms with Crippen LogP contribution in [0.5, 0.6) is 5.75 Å². The van der Waals surface area contributed by atoms with Gasteiger partial charge in [-0.3, -0.25) is 4.79 Å². The lowest BCUT2D eigenvalue weighted by molar-refractivity contribution is 0.112. The van der Waals surface area contributed by atoms with Crippen molar-refractivity contribution in [3.63, 3.8) is 0 Å². The monoisotopic (exact) mass is 289 g/mol. The summed E-state index contributed by atoms with van der Waals surface area (Å²) in [5.74, 6) is 2.52. The maximum Gasteiger partial charge on any atom is 0.150 e. The van der Waals surface area contributed by atoms with E-state index in [9.17, 15) is 4.79 Å². The van der Waals surface area contributed by atoms with Crippen molar-refractivity contribution in [1.82, 2.24) is 4.90 Å². The second-order valence-electron chi connectivity index (χ2n) is 6.45. The first-order valence-electron chi connectivity index (χ1n) is 8.07. The van der Waals surface area contributed by atoms with Gasteiger partial charge in [0.25, 0.3) is 0 Å². The zero-order chi connectivity index (χ0) is 15.1. The fraction of sp³-hybridized carbons (Fsp3) is 0.611. The summed E-state index contributed by atoms with van der Waals surface area (Å²) < 4.78 is 5.70. The van der Waals surface area contributed by atoms with Gasteiger partial charge in [0.05, 0.1) is 6.61 Å². The van der Waals surface area contributed by atoms with Crippen molar-refractivity contribution >= 4 is 6.29 Å². The predicted octanol–water partition coefficient (Wildman–Crippen LogP) is 3.64. The molecule has 0 radical (unpaired) electrons. The Labute approximate surface area is 128 Å². The van der Waals surface area contributed by atoms with Crippen molar-refractivity contribution in [3.05, 3.63) is 29.8 Å². The summed E-state index contributed by atoms with van der Waals surface area (Å²) in [5.41, 5.74) is 0.690. The van der Waals surface area contributed by atoms with Crippen LogP contribution in [-0.4, -0.2) is 37.4 Å². The van der Waals surface area contributed by atoms with Crippen LogP contribution in [0.3, 0.4) is 0 Å². The Bertz CT molecular complexity index is 419. The lowest BCUT2D eigenvalue weighted by Crippen LogP contribution is -2.39. The van der Waals surface area contributed by atoms with Crippen molar-refractivity contribution in [2.24, 2.45) is 11.8 Å². The van der Waals surface area contributed by atoms with Crippen LogP contribution in [0.25, 0.3) is 0 Å². The fourth-order valence-corrected chi connectivity index (χ4v) is 3.24. The third kappa shape index (κ3) is 5.50. The molecule has 116 valence electrons. The number of nitrogens with zero attached hydrogens (tertiary/aromatic N) is 1. The SMILES string of the molecule is C[C@@H]1C[C@@H](C)CN(CCCCOc2ccc(C=O)cc2)C1. The molecule has 0 aromatic heterocycles. The van der Waals surface area contributed by atoms with E-state index in [-0.39, 0.29) is 0 Å². The molecule has 3 nitrogen and oxygen atoms in total. The average molecular weight is 289 g/mol. The Hall–Kier alpha value is -1.35. The molecule has 0 N–H and O–H groups in total. The van der Waals surface area contributed by atoms with Gasteiger partial charge < -0.3 is 9.64 Å². The minimum atomic E-state index is 0.690. The Morgan fingerprint density at radius 1 is 1.14 bits per heavy atom. The van der Waals surface area contributed by atoms with Crippen LogP contribution in [0, 0.1) is 11.8 Å². The van der Waals surface area contributed by atoms with Gasteiger partial charge in [-0.2, -0.15) is 0 Å². The molecule has 0 spiro atoms. The standard InChI is InChI=1S/C18H27NO2/c1-15-11-16(2)13-19(12-15)9-3-4-10-21-18-7-5-17(14-20)6-8-18/h5-8,14-16H,3-4,9-13H2,1-2H3/t15-,16-/m1/s1. The molecule has 2 rings (SSSR count). The lowest BCUT2D eigenvalue weighted by Gasteiger charge is -2.34. The van der Waals surface area contributed by atoms with Gasteiger partial charge in [0, 0.05) is 18.7 Å². The maximum absolute atomic E-state index is 10.6. The van der Waals surface area contributed by atoms with E-state index in [2.05, 4.69) is 18.7 Å². The number of benzene rings is 1. The number of rotatable bonds is 7. The predicted molar refractivity (Wildman–Crippen MR) is 85.9 cm³/mol. The Kier molecular flexibility index (Phi) is 6.24. The van der Waals surface area contributed by atoms with Crippen LogP contribution < -0.4 is 4.74 Å². The van der Waals surface area contributed by atoms with Gasteiger partial charge in [0.2, 0.25) is 0 Å². The van der Waals surface area contributed by atoms with E-state index in [1.165, 1.54) is 32.5 Å². The summed E-state index contributed by atoms with van der Waals surface area (Å²) in [6.45, 7) is 9.14. The van der Waals surface area contributed by atoms with Gasteiger partial charge in [0.1, 0.15) is 12.0 Å². The first-order valence-corrected chi connectivity index (χ1v) is 8.07. The van der Waals surface area contributed by atoms with E-state index < -0.39 is 0 Å². The minimum Gasteiger partial charge on any atom is -0.494 e. The molecule has 1 heterocycles. The van der Waals surface area contributed by atoms with E-state index in [4.69, 9.17) is 4.74 Å². The molecule has 1 saturated heterocycles. The molecule has 0 amide bonds. The Morgan fingerprint density at radius 2 is 1.81 bits per heavy atom. The number of hydrogen-bond acceptors (Lipinski definition) is 3. The highest BCUT2D eigenvalue weighted by Gasteiger charge is 2.20. The highest BCUT2D eigenvalue weighted by Crippen LogP contribution is 2.21. The molecular weight excluding hydrogens is 262 g/mol. The molecule has 0 saturated carbocycles. The molecule has 1 aliphatic heterocycles. The molecule has 1 fully saturated rings. The Balaban J connectivity index is 1.60. The number of likely N-dealkylation sites (tertiary alicyclic amines) is 1. The molecule has 0 unspecified atom stereocenters. The molecule has 1 aliphatic rings. The van der Waals surface area contributed by atoms with Crippen LogP contribution in [-0.2, 0) is 0 Å². The molecule has 1 aromatic carbocycles. The molecular formula is C18H27NO2. The van der Waals surface area contributed by atoms with E-state index in [0.717, 1.165) is 36.9 Å². The van der Waals surface area contributed by atoms with Crippen molar-refractivity contribution in [2.45, 2.75) is 33.1 Å². The number of carbonyl (C=O) groups excluding carboxylic acids is 1. The van der Waals surface area contributed by atoms with E-state index in [1.807, 2.05) is 12.1 Å². The van der Waals surface area contributed by atoms with E-state index in [1.54, 1.807) is 12.1 Å². The number of aldehydes is 1. The first kappa shape index (κ1) is 16.0. The number of carbonyl (C=O) groups is 1. The quantitative estimate of drug-likeness (QED) is 0.567. The van der Waals surface area contributed by atoms with Crippen LogP contribution >= 0.6 is 0 Å². The minimum absolute atomic E-state index is 0.690. The fourth-order valence-electron chi connectivity index (χ4n) is 3.24. The summed E-state index contributed by atoms with van der Waals surface area (Å²) in [5, 5.41) is 0. The van der Waals surface area contributed by atoms with Gasteiger partial charge in [-0.1, -0.05) is 13.8 Å². The Morgan fingerprint density at radius 3 is 2.43 bits per heavy atom. The number of piperidine rings is 1. The van der Waals surface area contributed by atoms with Gasteiger partial charge in [-0.15, -0.1) is 0 Å². The van der Waals surface area contributed by atoms with Crippen molar-refractivity contribution in [3.8, 4) is 5.75 Å². The van der Waals surface area contributed by atoms with Gasteiger partial charge in [-0.05, 0) is 61.9 Å². The molecule has 1 aromatic rings. The molecule has 0 aliphatic carbocycles. The zero-order valence-corrected chi connectivity index (χ0v) is 13.3. The van der Waals surface area contributed by atoms with Crippen molar-refractivity contribution < 1.29 is 9.53 Å². The average Bonchev–Trinajstić information content (AvgIpc) is 2.46. The van der Waals surface area contributed by atoms with Gasteiger partial charge in [0.15, 0.2) is 0 Å². The normalized spacial score (nSPS) is 23.0. The first-order chi connectivity index (χ1) is 10.2. The van der Waals surface area contributed by atoms with E-state index >= 15 is 0 Å². The van der Waals surface area contributed by atoms with Crippen LogP contribution in [0.1, 0.15) is 43.5 Å². The van der Waals surface area contributed by atoms with E-state index in [0.29, 0.717) is 5.56 Å². The second-order valence-corrected chi connectivity index (χ2v) is 6.45. The van der Waals surface area contributed by atoms with Crippen LogP contribution in [0.15, 0.2) is 24.3 Å². The smallest absolute Gasteiger partial charge is 0.150 e. The number of ether oxygens (including phenoxy) is 1. The molecule has 2 atom stereocenters. The number of hydrogen-bond donors (Lipinski definition) is 0. The summed E-state index contributed by atoms with van der Waals surface area (Å²) in [7, 11) is 0. The third-order valence-electron chi connectivity index (χ3n) is 4.10. The van der Waals surface area contributed by atoms with Crippen molar-refractivity contribution in [1.29, 1.82) is 0 Å².